The van der Waals surface area contributed by atoms with Gasteiger partial charge in [-0.1, -0.05) is 78.3 Å². The lowest BCUT2D eigenvalue weighted by molar-refractivity contribution is 0.272. The van der Waals surface area contributed by atoms with Crippen LogP contribution in [0.4, 0.5) is 0 Å². The van der Waals surface area contributed by atoms with Gasteiger partial charge in [-0.3, -0.25) is 4.90 Å². The fraction of sp³-hybridized carbons (Fsp3) is 0.391. The summed E-state index contributed by atoms with van der Waals surface area (Å²) in [7, 11) is 4.22. The summed E-state index contributed by atoms with van der Waals surface area (Å²) >= 11 is 1.77. The number of benzene rings is 2. The predicted molar refractivity (Wildman–Crippen MR) is 118 cm³/mol. The smallest absolute Gasteiger partial charge is 0.191 e. The van der Waals surface area contributed by atoms with Crippen molar-refractivity contribution < 1.29 is 0 Å². The highest BCUT2D eigenvalue weighted by molar-refractivity contribution is 7.98. The van der Waals surface area contributed by atoms with Crippen molar-refractivity contribution >= 4 is 11.8 Å². The third-order valence-electron chi connectivity index (χ3n) is 4.89. The lowest BCUT2D eigenvalue weighted by Gasteiger charge is -2.23. The highest BCUT2D eigenvalue weighted by Crippen LogP contribution is 2.28. The minimum atomic E-state index is 0.256. The molecule has 0 amide bonds. The minimum Gasteiger partial charge on any atom is -0.300 e. The first-order valence-corrected chi connectivity index (χ1v) is 10.8. The van der Waals surface area contributed by atoms with E-state index in [4.69, 9.17) is 0 Å². The number of nitrogens with zero attached hydrogens (tertiary/aromatic N) is 4. The molecule has 0 radical (unpaired) electrons. The van der Waals surface area contributed by atoms with Crippen LogP contribution in [0.2, 0.25) is 0 Å². The summed E-state index contributed by atoms with van der Waals surface area (Å²) in [5, 5.41) is 10.2. The zero-order chi connectivity index (χ0) is 20.1. The highest BCUT2D eigenvalue weighted by Gasteiger charge is 2.22. The van der Waals surface area contributed by atoms with Crippen LogP contribution >= 0.6 is 11.8 Å². The molecule has 0 N–H and O–H groups in total. The molecule has 28 heavy (non-hydrogen) atoms. The monoisotopic (exact) mass is 394 g/mol. The van der Waals surface area contributed by atoms with Gasteiger partial charge in [0.1, 0.15) is 0 Å². The van der Waals surface area contributed by atoms with Gasteiger partial charge in [-0.05, 0) is 45.5 Å². The molecule has 2 aromatic carbocycles. The SMILES string of the molecule is CC[C@@H](c1nnc(SCc2cc(C)cc(C)c2)n1Cc1ccccc1)N(C)C. The molecule has 1 atom stereocenters. The second-order valence-corrected chi connectivity index (χ2v) is 8.53. The van der Waals surface area contributed by atoms with Crippen LogP contribution in [0.15, 0.2) is 53.7 Å². The molecule has 0 aliphatic heterocycles. The third kappa shape index (κ3) is 5.03. The van der Waals surface area contributed by atoms with Crippen LogP contribution in [-0.2, 0) is 12.3 Å². The van der Waals surface area contributed by atoms with Gasteiger partial charge in [0.05, 0.1) is 12.6 Å². The van der Waals surface area contributed by atoms with Crippen molar-refractivity contribution in [2.75, 3.05) is 14.1 Å². The number of thioether (sulfide) groups is 1. The van der Waals surface area contributed by atoms with Gasteiger partial charge in [-0.15, -0.1) is 10.2 Å². The molecule has 0 saturated heterocycles. The number of rotatable bonds is 8. The summed E-state index contributed by atoms with van der Waals surface area (Å²) in [5.74, 6) is 1.94. The lowest BCUT2D eigenvalue weighted by Crippen LogP contribution is -2.23. The largest absolute Gasteiger partial charge is 0.300 e. The van der Waals surface area contributed by atoms with Gasteiger partial charge in [0.15, 0.2) is 11.0 Å². The Morgan fingerprint density at radius 1 is 0.964 bits per heavy atom. The van der Waals surface area contributed by atoms with Gasteiger partial charge in [-0.2, -0.15) is 0 Å². The summed E-state index contributed by atoms with van der Waals surface area (Å²) in [6.07, 6.45) is 1.00. The normalized spacial score (nSPS) is 12.5. The Balaban J connectivity index is 1.90. The number of aryl methyl sites for hydroxylation is 2. The molecule has 0 saturated carbocycles. The van der Waals surface area contributed by atoms with E-state index in [9.17, 15) is 0 Å². The Morgan fingerprint density at radius 2 is 1.64 bits per heavy atom. The van der Waals surface area contributed by atoms with Crippen molar-refractivity contribution in [3.63, 3.8) is 0 Å². The first kappa shape index (κ1) is 20.6. The Kier molecular flexibility index (Phi) is 6.92. The van der Waals surface area contributed by atoms with Gasteiger partial charge in [0.2, 0.25) is 0 Å². The van der Waals surface area contributed by atoms with Crippen LogP contribution in [0.5, 0.6) is 0 Å². The first-order valence-electron chi connectivity index (χ1n) is 9.81. The molecule has 0 aliphatic carbocycles. The third-order valence-corrected chi connectivity index (χ3v) is 5.92. The van der Waals surface area contributed by atoms with Crippen LogP contribution in [0.25, 0.3) is 0 Å². The molecule has 3 aromatic rings. The van der Waals surface area contributed by atoms with Crippen molar-refractivity contribution in [3.8, 4) is 0 Å². The van der Waals surface area contributed by atoms with Crippen molar-refractivity contribution in [1.29, 1.82) is 0 Å². The fourth-order valence-electron chi connectivity index (χ4n) is 3.65. The fourth-order valence-corrected chi connectivity index (χ4v) is 4.52. The summed E-state index contributed by atoms with van der Waals surface area (Å²) in [5.41, 5.74) is 5.21. The van der Waals surface area contributed by atoms with Crippen LogP contribution < -0.4 is 0 Å². The molecule has 148 valence electrons. The van der Waals surface area contributed by atoms with E-state index in [0.717, 1.165) is 29.7 Å². The molecule has 0 aliphatic rings. The molecule has 1 aromatic heterocycles. The second-order valence-electron chi connectivity index (χ2n) is 7.58. The van der Waals surface area contributed by atoms with E-state index in [1.54, 1.807) is 11.8 Å². The standard InChI is InChI=1S/C23H30N4S/c1-6-21(26(4)5)22-24-25-23(27(22)15-19-10-8-7-9-11-19)28-16-20-13-17(2)12-18(3)14-20/h7-14,21H,6,15-16H2,1-5H3/t21-/m0/s1. The van der Waals surface area contributed by atoms with E-state index in [1.165, 1.54) is 22.3 Å². The summed E-state index contributed by atoms with van der Waals surface area (Å²) in [4.78, 5) is 2.23. The van der Waals surface area contributed by atoms with Gasteiger partial charge < -0.3 is 4.57 Å². The van der Waals surface area contributed by atoms with E-state index >= 15 is 0 Å². The van der Waals surface area contributed by atoms with E-state index in [0.29, 0.717) is 0 Å². The zero-order valence-corrected chi connectivity index (χ0v) is 18.3. The highest BCUT2D eigenvalue weighted by atomic mass is 32.2. The predicted octanol–water partition coefficient (Wildman–Crippen LogP) is 5.25. The quantitative estimate of drug-likeness (QED) is 0.489. The van der Waals surface area contributed by atoms with Crippen molar-refractivity contribution in [3.05, 3.63) is 76.6 Å². The van der Waals surface area contributed by atoms with Crippen LogP contribution in [0.1, 0.15) is 47.5 Å². The molecule has 1 heterocycles. The maximum atomic E-state index is 4.60. The van der Waals surface area contributed by atoms with E-state index in [-0.39, 0.29) is 6.04 Å². The lowest BCUT2D eigenvalue weighted by atomic mass is 10.1. The Hall–Kier alpha value is -2.11. The maximum Gasteiger partial charge on any atom is 0.191 e. The molecule has 3 rings (SSSR count). The maximum absolute atomic E-state index is 4.60. The van der Waals surface area contributed by atoms with Gasteiger partial charge >= 0.3 is 0 Å². The zero-order valence-electron chi connectivity index (χ0n) is 17.5. The number of hydrogen-bond acceptors (Lipinski definition) is 4. The van der Waals surface area contributed by atoms with Crippen LogP contribution in [0, 0.1) is 13.8 Å². The van der Waals surface area contributed by atoms with Crippen molar-refractivity contribution in [2.24, 2.45) is 0 Å². The molecule has 0 bridgehead atoms. The number of aromatic nitrogens is 3. The van der Waals surface area contributed by atoms with Crippen molar-refractivity contribution in [2.45, 2.75) is 50.7 Å². The minimum absolute atomic E-state index is 0.256. The van der Waals surface area contributed by atoms with Gasteiger partial charge in [0, 0.05) is 5.75 Å². The summed E-state index contributed by atoms with van der Waals surface area (Å²) < 4.78 is 2.29. The molecule has 4 nitrogen and oxygen atoms in total. The van der Waals surface area contributed by atoms with Crippen LogP contribution in [0.3, 0.4) is 0 Å². The second kappa shape index (κ2) is 9.39. The van der Waals surface area contributed by atoms with Gasteiger partial charge in [0.25, 0.3) is 0 Å². The van der Waals surface area contributed by atoms with E-state index in [2.05, 4.69) is 103 Å². The molecular formula is C23H30N4S. The molecule has 0 fully saturated rings. The molecular weight excluding hydrogens is 364 g/mol. The average Bonchev–Trinajstić information content (AvgIpc) is 3.03. The molecule has 0 spiro atoms. The number of hydrogen-bond donors (Lipinski definition) is 0. The Morgan fingerprint density at radius 3 is 2.25 bits per heavy atom. The van der Waals surface area contributed by atoms with Crippen LogP contribution in [-0.4, -0.2) is 33.8 Å². The van der Waals surface area contributed by atoms with Crippen molar-refractivity contribution in [1.82, 2.24) is 19.7 Å². The molecule has 0 unspecified atom stereocenters. The summed E-state index contributed by atoms with van der Waals surface area (Å²) in [6.45, 7) is 7.30. The topological polar surface area (TPSA) is 34.0 Å². The average molecular weight is 395 g/mol. The Bertz CT molecular complexity index is 882. The molecule has 5 heteroatoms. The Labute approximate surface area is 173 Å². The first-order chi connectivity index (χ1) is 13.5. The van der Waals surface area contributed by atoms with E-state index < -0.39 is 0 Å². The summed E-state index contributed by atoms with van der Waals surface area (Å²) in [6, 6.07) is 17.6. The van der Waals surface area contributed by atoms with E-state index in [1.807, 2.05) is 0 Å². The van der Waals surface area contributed by atoms with Gasteiger partial charge in [-0.25, -0.2) is 0 Å².